The smallest absolute Gasteiger partial charge is 0.307 e. The Bertz CT molecular complexity index is 797. The predicted molar refractivity (Wildman–Crippen MR) is 111 cm³/mol. The lowest BCUT2D eigenvalue weighted by Gasteiger charge is -2.11. The van der Waals surface area contributed by atoms with Crippen molar-refractivity contribution in [3.8, 4) is 17.6 Å². The van der Waals surface area contributed by atoms with E-state index in [1.807, 2.05) is 6.07 Å². The van der Waals surface area contributed by atoms with Crippen molar-refractivity contribution in [3.05, 3.63) is 60.2 Å². The number of nitrogens with zero attached hydrogens (tertiary/aromatic N) is 1. The van der Waals surface area contributed by atoms with Crippen LogP contribution in [0.4, 0.5) is 8.78 Å². The van der Waals surface area contributed by atoms with Crippen molar-refractivity contribution in [2.24, 2.45) is 0 Å². The zero-order valence-corrected chi connectivity index (χ0v) is 17.7. The van der Waals surface area contributed by atoms with Gasteiger partial charge in [0.2, 0.25) is 0 Å². The van der Waals surface area contributed by atoms with E-state index < -0.39 is 12.1 Å². The van der Waals surface area contributed by atoms with Crippen molar-refractivity contribution in [2.75, 3.05) is 0 Å². The summed E-state index contributed by atoms with van der Waals surface area (Å²) in [4.78, 5) is 18.7. The Morgan fingerprint density at radius 1 is 1.00 bits per heavy atom. The van der Waals surface area contributed by atoms with Crippen molar-refractivity contribution in [1.29, 1.82) is 5.26 Å². The summed E-state index contributed by atoms with van der Waals surface area (Å²) >= 11 is 0. The van der Waals surface area contributed by atoms with Gasteiger partial charge in [-0.15, -0.1) is 12.4 Å². The molecule has 7 nitrogen and oxygen atoms in total. The lowest BCUT2D eigenvalue weighted by Crippen LogP contribution is -2.16. The molecule has 0 spiro atoms. The zero-order valence-electron chi connectivity index (χ0n) is 16.9. The van der Waals surface area contributed by atoms with Gasteiger partial charge in [0.05, 0.1) is 18.9 Å². The molecule has 0 saturated heterocycles. The van der Waals surface area contributed by atoms with Crippen LogP contribution in [-0.2, 0) is 9.59 Å². The fourth-order valence-electron chi connectivity index (χ4n) is 1.95. The van der Waals surface area contributed by atoms with Crippen LogP contribution in [0.3, 0.4) is 0 Å². The molecule has 2 atom stereocenters. The minimum Gasteiger partial charge on any atom is -0.490 e. The van der Waals surface area contributed by atoms with E-state index in [0.717, 1.165) is 0 Å². The molecule has 0 unspecified atom stereocenters. The van der Waals surface area contributed by atoms with Crippen LogP contribution >= 0.6 is 12.4 Å². The molecule has 0 aromatic heterocycles. The van der Waals surface area contributed by atoms with Gasteiger partial charge in [0.1, 0.15) is 35.3 Å². The van der Waals surface area contributed by atoms with E-state index in [2.05, 4.69) is 0 Å². The summed E-state index contributed by atoms with van der Waals surface area (Å²) in [6, 6.07) is 13.2. The highest BCUT2D eigenvalue weighted by Gasteiger charge is 2.08. The van der Waals surface area contributed by atoms with Crippen molar-refractivity contribution in [3.63, 3.8) is 0 Å². The lowest BCUT2D eigenvalue weighted by molar-refractivity contribution is -0.138. The van der Waals surface area contributed by atoms with Gasteiger partial charge in [0.25, 0.3) is 6.47 Å². The third kappa shape index (κ3) is 16.1. The second-order valence-electron chi connectivity index (χ2n) is 5.83. The van der Waals surface area contributed by atoms with Gasteiger partial charge in [-0.05, 0) is 62.4 Å². The molecule has 10 heteroatoms. The third-order valence-electron chi connectivity index (χ3n) is 3.14. The number of halogens is 3. The minimum absolute atomic E-state index is 0. The Kier molecular flexibility index (Phi) is 16.8. The number of carboxylic acid groups (broad SMARTS) is 2. The first kappa shape index (κ1) is 29.8. The number of aliphatic carboxylic acids is 1. The molecule has 0 aliphatic heterocycles. The molecule has 31 heavy (non-hydrogen) atoms. The van der Waals surface area contributed by atoms with E-state index in [9.17, 15) is 13.6 Å². The van der Waals surface area contributed by atoms with Crippen LogP contribution in [0.2, 0.25) is 0 Å². The van der Waals surface area contributed by atoms with Crippen LogP contribution in [0, 0.1) is 23.0 Å². The molecular weight excluding hydrogens is 436 g/mol. The standard InChI is InChI=1S/C10H10FNO.C10H11FO3.CH2O2.ClH/c1-8(6-7-12)13-10-4-2-9(11)3-5-10;1-7(6-10(12)13)14-9-4-2-8(11)3-5-9;2-1-3;/h2-5,8H,6H2,1H3;2-5,7H,6H2,1H3,(H,12,13);1H,(H,2,3);1H/t8-;7-;;/m11../s1. The second-order valence-corrected chi connectivity index (χ2v) is 5.83. The molecule has 0 amide bonds. The van der Waals surface area contributed by atoms with Crippen molar-refractivity contribution in [1.82, 2.24) is 0 Å². The van der Waals surface area contributed by atoms with E-state index in [4.69, 9.17) is 29.7 Å². The topological polar surface area (TPSA) is 117 Å². The molecule has 170 valence electrons. The Morgan fingerprint density at radius 2 is 1.35 bits per heavy atom. The number of benzene rings is 2. The van der Waals surface area contributed by atoms with Gasteiger partial charge in [-0.1, -0.05) is 0 Å². The maximum absolute atomic E-state index is 12.5. The molecule has 0 fully saturated rings. The molecular formula is C21H24ClF2NO6. The second kappa shape index (κ2) is 17.5. The number of hydrogen-bond donors (Lipinski definition) is 2. The summed E-state index contributed by atoms with van der Waals surface area (Å²) in [6.07, 6.45) is -0.317. The van der Waals surface area contributed by atoms with E-state index in [1.165, 1.54) is 36.4 Å². The first-order chi connectivity index (χ1) is 14.2. The summed E-state index contributed by atoms with van der Waals surface area (Å²) in [5.74, 6) is -0.493. The number of nitriles is 1. The number of ether oxygens (including phenoxy) is 2. The van der Waals surface area contributed by atoms with Crippen LogP contribution in [0.15, 0.2) is 48.5 Å². The highest BCUT2D eigenvalue weighted by molar-refractivity contribution is 5.85. The molecule has 0 aliphatic rings. The number of carboxylic acids is 1. The molecule has 2 aromatic rings. The quantitative estimate of drug-likeness (QED) is 0.576. The van der Waals surface area contributed by atoms with Crippen molar-refractivity contribution in [2.45, 2.75) is 38.9 Å². The summed E-state index contributed by atoms with van der Waals surface area (Å²) in [6.45, 7) is 3.20. The van der Waals surface area contributed by atoms with Crippen molar-refractivity contribution < 1.29 is 38.1 Å². The Balaban J connectivity index is 0. The third-order valence-corrected chi connectivity index (χ3v) is 3.14. The van der Waals surface area contributed by atoms with Gasteiger partial charge < -0.3 is 19.7 Å². The molecule has 2 N–H and O–H groups in total. The number of hydrogen-bond acceptors (Lipinski definition) is 5. The van der Waals surface area contributed by atoms with Crippen LogP contribution in [-0.4, -0.2) is 34.9 Å². The van der Waals surface area contributed by atoms with E-state index in [-0.39, 0.29) is 43.0 Å². The Morgan fingerprint density at radius 3 is 1.68 bits per heavy atom. The van der Waals surface area contributed by atoms with Gasteiger partial charge in [-0.3, -0.25) is 9.59 Å². The lowest BCUT2D eigenvalue weighted by atomic mass is 10.3. The van der Waals surface area contributed by atoms with Gasteiger partial charge in [-0.25, -0.2) is 8.78 Å². The predicted octanol–water partition coefficient (Wildman–Crippen LogP) is 4.70. The molecule has 0 aliphatic carbocycles. The summed E-state index contributed by atoms with van der Waals surface area (Å²) in [7, 11) is 0. The first-order valence-electron chi connectivity index (χ1n) is 8.72. The maximum Gasteiger partial charge on any atom is 0.307 e. The highest BCUT2D eigenvalue weighted by Crippen LogP contribution is 2.14. The fourth-order valence-corrected chi connectivity index (χ4v) is 1.95. The minimum atomic E-state index is -0.917. The van der Waals surface area contributed by atoms with E-state index >= 15 is 0 Å². The van der Waals surface area contributed by atoms with E-state index in [0.29, 0.717) is 17.9 Å². The SMILES string of the molecule is C[C@H](CC#N)Oc1ccc(F)cc1.C[C@H](CC(=O)O)Oc1ccc(F)cc1.Cl.O=CO. The van der Waals surface area contributed by atoms with E-state index in [1.54, 1.807) is 26.0 Å². The number of carbonyl (C=O) groups is 2. The maximum atomic E-state index is 12.5. The van der Waals surface area contributed by atoms with Crippen LogP contribution in [0.1, 0.15) is 26.7 Å². The average Bonchev–Trinajstić information content (AvgIpc) is 2.66. The van der Waals surface area contributed by atoms with Gasteiger partial charge >= 0.3 is 5.97 Å². The molecule has 2 aromatic carbocycles. The zero-order chi connectivity index (χ0) is 22.9. The van der Waals surface area contributed by atoms with Gasteiger partial charge in [0, 0.05) is 0 Å². The summed E-state index contributed by atoms with van der Waals surface area (Å²) < 4.78 is 35.5. The van der Waals surface area contributed by atoms with Gasteiger partial charge in [-0.2, -0.15) is 5.26 Å². The summed E-state index contributed by atoms with van der Waals surface area (Å²) in [5.41, 5.74) is 0. The molecule has 0 saturated carbocycles. The number of rotatable bonds is 7. The fraction of sp³-hybridized carbons (Fsp3) is 0.286. The molecule has 2 rings (SSSR count). The molecule has 0 heterocycles. The molecule has 0 bridgehead atoms. The monoisotopic (exact) mass is 459 g/mol. The van der Waals surface area contributed by atoms with Crippen molar-refractivity contribution >= 4 is 24.8 Å². The van der Waals surface area contributed by atoms with Crippen LogP contribution in [0.25, 0.3) is 0 Å². The summed E-state index contributed by atoms with van der Waals surface area (Å²) in [5, 5.41) is 23.7. The highest BCUT2D eigenvalue weighted by atomic mass is 35.5. The van der Waals surface area contributed by atoms with Crippen LogP contribution < -0.4 is 9.47 Å². The van der Waals surface area contributed by atoms with Gasteiger partial charge in [0.15, 0.2) is 0 Å². The average molecular weight is 460 g/mol. The first-order valence-corrected chi connectivity index (χ1v) is 8.72. The Labute approximate surface area is 185 Å². The normalized spacial score (nSPS) is 10.8. The largest absolute Gasteiger partial charge is 0.490 e. The Hall–Kier alpha value is -3.38. The molecule has 0 radical (unpaired) electrons. The van der Waals surface area contributed by atoms with Crippen LogP contribution in [0.5, 0.6) is 11.5 Å².